The molecular formula is C16H25N3O2S. The van der Waals surface area contributed by atoms with Gasteiger partial charge in [-0.1, -0.05) is 18.2 Å². The summed E-state index contributed by atoms with van der Waals surface area (Å²) in [6.45, 7) is 3.41. The number of ether oxygens (including phenoxy) is 1. The lowest BCUT2D eigenvalue weighted by molar-refractivity contribution is 0.157. The van der Waals surface area contributed by atoms with Crippen molar-refractivity contribution in [3.8, 4) is 0 Å². The number of nitrogens with one attached hydrogen (secondary N) is 1. The summed E-state index contributed by atoms with van der Waals surface area (Å²) >= 11 is 0. The molecule has 6 heteroatoms. The molecule has 0 bridgehead atoms. The molecule has 1 aliphatic heterocycles. The van der Waals surface area contributed by atoms with Crippen LogP contribution in [0.3, 0.4) is 0 Å². The first-order valence-electron chi connectivity index (χ1n) is 7.62. The van der Waals surface area contributed by atoms with E-state index in [1.807, 2.05) is 30.3 Å². The number of likely N-dealkylation sites (tertiary alicyclic amines) is 1. The molecule has 0 radical (unpaired) electrons. The normalized spacial score (nSPS) is 20.2. The van der Waals surface area contributed by atoms with Crippen LogP contribution in [0.5, 0.6) is 0 Å². The number of hydrogen-bond acceptors (Lipinski definition) is 3. The Morgan fingerprint density at radius 1 is 1.45 bits per heavy atom. The van der Waals surface area contributed by atoms with E-state index in [0.29, 0.717) is 18.2 Å². The van der Waals surface area contributed by atoms with E-state index < -0.39 is 10.8 Å². The highest BCUT2D eigenvalue weighted by Crippen LogP contribution is 2.16. The Morgan fingerprint density at radius 2 is 2.23 bits per heavy atom. The zero-order chi connectivity index (χ0) is 15.8. The van der Waals surface area contributed by atoms with Gasteiger partial charge in [0.25, 0.3) is 0 Å². The first-order valence-corrected chi connectivity index (χ1v) is 8.94. The van der Waals surface area contributed by atoms with Gasteiger partial charge in [0, 0.05) is 50.4 Å². The van der Waals surface area contributed by atoms with Gasteiger partial charge in [-0.05, 0) is 18.6 Å². The van der Waals surface area contributed by atoms with Crippen LogP contribution in [0.1, 0.15) is 6.42 Å². The fourth-order valence-electron chi connectivity index (χ4n) is 2.67. The van der Waals surface area contributed by atoms with Crippen LogP contribution in [0, 0.1) is 5.92 Å². The molecule has 1 saturated heterocycles. The Labute approximate surface area is 135 Å². The standard InChI is InChI=1S/C16H25N3O2S/c1-17-16(19-10-8-14(12-19)13-21-2)18-9-11-22(20)15-6-4-3-5-7-15/h3-7,14H,8-13H2,1-2H3,(H,17,18). The van der Waals surface area contributed by atoms with Gasteiger partial charge in [-0.15, -0.1) is 0 Å². The maximum atomic E-state index is 12.2. The van der Waals surface area contributed by atoms with Gasteiger partial charge in [-0.25, -0.2) is 0 Å². The van der Waals surface area contributed by atoms with E-state index in [0.717, 1.165) is 37.0 Å². The highest BCUT2D eigenvalue weighted by atomic mass is 32.2. The van der Waals surface area contributed by atoms with Crippen molar-refractivity contribution in [1.82, 2.24) is 10.2 Å². The molecule has 2 atom stereocenters. The third kappa shape index (κ3) is 4.81. The minimum Gasteiger partial charge on any atom is -0.384 e. The average molecular weight is 323 g/mol. The van der Waals surface area contributed by atoms with Crippen molar-refractivity contribution in [1.29, 1.82) is 0 Å². The molecule has 1 aromatic rings. The Hall–Kier alpha value is -1.40. The maximum Gasteiger partial charge on any atom is 0.193 e. The molecule has 1 heterocycles. The van der Waals surface area contributed by atoms with Gasteiger partial charge >= 0.3 is 0 Å². The number of rotatable bonds is 6. The van der Waals surface area contributed by atoms with Crippen LogP contribution in [0.4, 0.5) is 0 Å². The second kappa shape index (κ2) is 8.90. The Balaban J connectivity index is 1.77. The molecule has 0 spiro atoms. The van der Waals surface area contributed by atoms with Crippen molar-refractivity contribution in [2.75, 3.05) is 46.2 Å². The monoisotopic (exact) mass is 323 g/mol. The number of methoxy groups -OCH3 is 1. The van der Waals surface area contributed by atoms with Gasteiger partial charge in [-0.3, -0.25) is 9.20 Å². The van der Waals surface area contributed by atoms with Crippen LogP contribution in [0.25, 0.3) is 0 Å². The fraction of sp³-hybridized carbons (Fsp3) is 0.562. The van der Waals surface area contributed by atoms with Crippen molar-refractivity contribution < 1.29 is 8.95 Å². The summed E-state index contributed by atoms with van der Waals surface area (Å²) in [5.41, 5.74) is 0. The molecule has 0 amide bonds. The third-order valence-corrected chi connectivity index (χ3v) is 5.15. The van der Waals surface area contributed by atoms with E-state index in [4.69, 9.17) is 4.74 Å². The highest BCUT2D eigenvalue weighted by Gasteiger charge is 2.24. The summed E-state index contributed by atoms with van der Waals surface area (Å²) in [4.78, 5) is 7.45. The topological polar surface area (TPSA) is 53.9 Å². The van der Waals surface area contributed by atoms with Crippen LogP contribution in [-0.4, -0.2) is 61.2 Å². The van der Waals surface area contributed by atoms with E-state index in [2.05, 4.69) is 15.2 Å². The number of nitrogens with zero attached hydrogens (tertiary/aromatic N) is 2. The fourth-order valence-corrected chi connectivity index (χ4v) is 3.66. The van der Waals surface area contributed by atoms with E-state index >= 15 is 0 Å². The predicted molar refractivity (Wildman–Crippen MR) is 90.6 cm³/mol. The third-order valence-electron chi connectivity index (χ3n) is 3.78. The Morgan fingerprint density at radius 3 is 2.91 bits per heavy atom. The van der Waals surface area contributed by atoms with Crippen molar-refractivity contribution >= 4 is 16.8 Å². The smallest absolute Gasteiger partial charge is 0.193 e. The van der Waals surface area contributed by atoms with Crippen LogP contribution >= 0.6 is 0 Å². The number of aliphatic imine (C=N–C) groups is 1. The molecule has 0 aromatic heterocycles. The lowest BCUT2D eigenvalue weighted by atomic mass is 10.1. The summed E-state index contributed by atoms with van der Waals surface area (Å²) in [7, 11) is 2.57. The van der Waals surface area contributed by atoms with Gasteiger partial charge in [0.2, 0.25) is 0 Å². The molecular weight excluding hydrogens is 298 g/mol. The van der Waals surface area contributed by atoms with E-state index in [1.54, 1.807) is 14.2 Å². The van der Waals surface area contributed by atoms with Crippen molar-refractivity contribution in [3.63, 3.8) is 0 Å². The van der Waals surface area contributed by atoms with Crippen molar-refractivity contribution in [2.24, 2.45) is 10.9 Å². The Kier molecular flexibility index (Phi) is 6.86. The van der Waals surface area contributed by atoms with E-state index in [-0.39, 0.29) is 0 Å². The van der Waals surface area contributed by atoms with Gasteiger partial charge in [0.1, 0.15) is 0 Å². The number of guanidine groups is 1. The van der Waals surface area contributed by atoms with Gasteiger partial charge in [-0.2, -0.15) is 0 Å². The Bertz CT molecular complexity index is 507. The minimum atomic E-state index is -0.969. The summed E-state index contributed by atoms with van der Waals surface area (Å²) in [5.74, 6) is 2.05. The minimum absolute atomic E-state index is 0.571. The first-order chi connectivity index (χ1) is 10.7. The molecule has 122 valence electrons. The van der Waals surface area contributed by atoms with Gasteiger partial charge in [0.05, 0.1) is 17.4 Å². The lowest BCUT2D eigenvalue weighted by Gasteiger charge is -2.21. The van der Waals surface area contributed by atoms with Crippen LogP contribution in [-0.2, 0) is 15.5 Å². The summed E-state index contributed by atoms with van der Waals surface area (Å²) < 4.78 is 17.4. The molecule has 1 aromatic carbocycles. The summed E-state index contributed by atoms with van der Waals surface area (Å²) in [6.07, 6.45) is 1.13. The van der Waals surface area contributed by atoms with Crippen LogP contribution < -0.4 is 5.32 Å². The SMILES string of the molecule is CN=C(NCCS(=O)c1ccccc1)N1CCC(COC)C1. The molecule has 22 heavy (non-hydrogen) atoms. The quantitative estimate of drug-likeness (QED) is 0.634. The number of hydrogen-bond donors (Lipinski definition) is 1. The highest BCUT2D eigenvalue weighted by molar-refractivity contribution is 7.85. The van der Waals surface area contributed by atoms with Crippen molar-refractivity contribution in [3.05, 3.63) is 30.3 Å². The molecule has 0 aliphatic carbocycles. The maximum absolute atomic E-state index is 12.2. The molecule has 5 nitrogen and oxygen atoms in total. The molecule has 0 saturated carbocycles. The largest absolute Gasteiger partial charge is 0.384 e. The van der Waals surface area contributed by atoms with Crippen LogP contribution in [0.2, 0.25) is 0 Å². The average Bonchev–Trinajstić information content (AvgIpc) is 3.01. The van der Waals surface area contributed by atoms with Gasteiger partial charge < -0.3 is 15.0 Å². The van der Waals surface area contributed by atoms with Gasteiger partial charge in [0.15, 0.2) is 5.96 Å². The summed E-state index contributed by atoms with van der Waals surface area (Å²) in [6, 6.07) is 9.58. The molecule has 1 aliphatic rings. The number of benzene rings is 1. The zero-order valence-electron chi connectivity index (χ0n) is 13.3. The lowest BCUT2D eigenvalue weighted by Crippen LogP contribution is -2.41. The van der Waals surface area contributed by atoms with Crippen molar-refractivity contribution in [2.45, 2.75) is 11.3 Å². The molecule has 1 fully saturated rings. The van der Waals surface area contributed by atoms with E-state index in [1.165, 1.54) is 0 Å². The zero-order valence-corrected chi connectivity index (χ0v) is 14.1. The molecule has 2 rings (SSSR count). The second-order valence-corrected chi connectivity index (χ2v) is 6.96. The first kappa shape index (κ1) is 17.0. The van der Waals surface area contributed by atoms with Crippen LogP contribution in [0.15, 0.2) is 40.2 Å². The predicted octanol–water partition coefficient (Wildman–Crippen LogP) is 1.34. The summed E-state index contributed by atoms with van der Waals surface area (Å²) in [5, 5.41) is 3.32. The molecule has 2 unspecified atom stereocenters. The second-order valence-electron chi connectivity index (χ2n) is 5.39. The molecule has 1 N–H and O–H groups in total. The van der Waals surface area contributed by atoms with E-state index in [9.17, 15) is 4.21 Å².